The molecule has 0 atom stereocenters. The number of amides is 1. The van der Waals surface area contributed by atoms with Crippen molar-refractivity contribution in [2.24, 2.45) is 0 Å². The van der Waals surface area contributed by atoms with E-state index < -0.39 is 10.0 Å². The molecule has 128 valence electrons. The minimum Gasteiger partial charge on any atom is -0.322 e. The number of rotatable bonds is 6. The first-order valence-corrected chi connectivity index (χ1v) is 10.2. The maximum Gasteiger partial charge on any atom is 0.255 e. The zero-order valence-electron chi connectivity index (χ0n) is 13.5. The normalized spacial score (nSPS) is 11.1. The molecule has 0 spiro atoms. The monoisotopic (exact) mass is 458 g/mol. The molecule has 1 amide bonds. The molecular formula is C17H19IN2O3S. The molecule has 0 saturated heterocycles. The topological polar surface area (TPSA) is 75.3 Å². The largest absolute Gasteiger partial charge is 0.322 e. The molecule has 24 heavy (non-hydrogen) atoms. The van der Waals surface area contributed by atoms with Gasteiger partial charge in [-0.25, -0.2) is 8.42 Å². The van der Waals surface area contributed by atoms with Crippen LogP contribution in [0.3, 0.4) is 0 Å². The molecule has 0 heterocycles. The Kier molecular flexibility index (Phi) is 6.22. The van der Waals surface area contributed by atoms with Gasteiger partial charge in [0.05, 0.1) is 11.4 Å². The molecule has 0 bridgehead atoms. The first-order valence-electron chi connectivity index (χ1n) is 7.49. The summed E-state index contributed by atoms with van der Waals surface area (Å²) in [6.07, 6.45) is 0.539. The van der Waals surface area contributed by atoms with Crippen LogP contribution in [-0.4, -0.2) is 20.1 Å². The van der Waals surface area contributed by atoms with Crippen molar-refractivity contribution in [2.75, 3.05) is 15.8 Å². The lowest BCUT2D eigenvalue weighted by atomic mass is 10.1. The van der Waals surface area contributed by atoms with Gasteiger partial charge in [0, 0.05) is 14.8 Å². The molecule has 0 saturated carbocycles. The molecule has 2 rings (SSSR count). The third-order valence-corrected chi connectivity index (χ3v) is 5.62. The summed E-state index contributed by atoms with van der Waals surface area (Å²) in [5.41, 5.74) is 2.28. The van der Waals surface area contributed by atoms with Crippen molar-refractivity contribution in [3.8, 4) is 0 Å². The van der Waals surface area contributed by atoms with Crippen molar-refractivity contribution < 1.29 is 13.2 Å². The van der Waals surface area contributed by atoms with Gasteiger partial charge in [-0.2, -0.15) is 0 Å². The van der Waals surface area contributed by atoms with Crippen LogP contribution in [0.15, 0.2) is 42.5 Å². The number of hydrogen-bond acceptors (Lipinski definition) is 3. The van der Waals surface area contributed by atoms with Crippen LogP contribution in [0.4, 0.5) is 11.4 Å². The summed E-state index contributed by atoms with van der Waals surface area (Å²) >= 11 is 2.18. The Morgan fingerprint density at radius 3 is 2.33 bits per heavy atom. The van der Waals surface area contributed by atoms with Crippen LogP contribution in [0.5, 0.6) is 0 Å². The highest BCUT2D eigenvalue weighted by Crippen LogP contribution is 2.25. The molecule has 0 aliphatic carbocycles. The molecule has 2 aromatic carbocycles. The zero-order chi connectivity index (χ0) is 17.7. The van der Waals surface area contributed by atoms with Gasteiger partial charge in [-0.05, 0) is 77.9 Å². The van der Waals surface area contributed by atoms with E-state index >= 15 is 0 Å². The summed E-state index contributed by atoms with van der Waals surface area (Å²) in [6, 6.07) is 12.4. The molecule has 0 aliphatic rings. The standard InChI is InChI=1S/C17H19IN2O3S/c1-3-11-24(22,23)20-16-6-4-5-15(12(16)2)19-17(21)13-7-9-14(18)10-8-13/h4-10,20H,3,11H2,1-2H3,(H,19,21). The van der Waals surface area contributed by atoms with Crippen molar-refractivity contribution in [3.63, 3.8) is 0 Å². The summed E-state index contributed by atoms with van der Waals surface area (Å²) in [4.78, 5) is 12.3. The van der Waals surface area contributed by atoms with Gasteiger partial charge in [0.1, 0.15) is 0 Å². The fraction of sp³-hybridized carbons (Fsp3) is 0.235. The second-order valence-electron chi connectivity index (χ2n) is 5.36. The van der Waals surface area contributed by atoms with E-state index in [1.807, 2.05) is 19.1 Å². The predicted octanol–water partition coefficient (Wildman–Crippen LogP) is 4.00. The van der Waals surface area contributed by atoms with E-state index in [-0.39, 0.29) is 11.7 Å². The van der Waals surface area contributed by atoms with E-state index in [4.69, 9.17) is 0 Å². The van der Waals surface area contributed by atoms with Gasteiger partial charge in [-0.1, -0.05) is 13.0 Å². The average Bonchev–Trinajstić information content (AvgIpc) is 2.51. The van der Waals surface area contributed by atoms with Crippen LogP contribution in [0.25, 0.3) is 0 Å². The number of halogens is 1. The van der Waals surface area contributed by atoms with Crippen molar-refractivity contribution >= 4 is 49.9 Å². The van der Waals surface area contributed by atoms with Gasteiger partial charge >= 0.3 is 0 Å². The second kappa shape index (κ2) is 7.98. The summed E-state index contributed by atoms with van der Waals surface area (Å²) in [5.74, 6) is -0.172. The lowest BCUT2D eigenvalue weighted by molar-refractivity contribution is 0.102. The zero-order valence-corrected chi connectivity index (χ0v) is 16.4. The van der Waals surface area contributed by atoms with Gasteiger partial charge in [-0.3, -0.25) is 9.52 Å². The number of nitrogens with one attached hydrogen (secondary N) is 2. The number of hydrogen-bond donors (Lipinski definition) is 2. The Hall–Kier alpha value is -1.61. The van der Waals surface area contributed by atoms with E-state index in [0.29, 0.717) is 28.9 Å². The van der Waals surface area contributed by atoms with Crippen LogP contribution in [0.1, 0.15) is 29.3 Å². The van der Waals surface area contributed by atoms with E-state index in [1.54, 1.807) is 37.3 Å². The fourth-order valence-corrected chi connectivity index (χ4v) is 3.72. The number of benzene rings is 2. The average molecular weight is 458 g/mol. The summed E-state index contributed by atoms with van der Waals surface area (Å²) in [7, 11) is -3.37. The van der Waals surface area contributed by atoms with Crippen LogP contribution < -0.4 is 10.0 Å². The van der Waals surface area contributed by atoms with E-state index in [0.717, 1.165) is 3.57 Å². The molecule has 2 N–H and O–H groups in total. The van der Waals surface area contributed by atoms with Crippen molar-refractivity contribution in [2.45, 2.75) is 20.3 Å². The highest BCUT2D eigenvalue weighted by Gasteiger charge is 2.14. The summed E-state index contributed by atoms with van der Waals surface area (Å²) < 4.78 is 27.5. The minimum atomic E-state index is -3.37. The second-order valence-corrected chi connectivity index (χ2v) is 8.45. The lowest BCUT2D eigenvalue weighted by Crippen LogP contribution is -2.18. The smallest absolute Gasteiger partial charge is 0.255 e. The Bertz CT molecular complexity index is 833. The fourth-order valence-electron chi connectivity index (χ4n) is 2.16. The maximum atomic E-state index is 12.3. The predicted molar refractivity (Wildman–Crippen MR) is 106 cm³/mol. The molecular weight excluding hydrogens is 439 g/mol. The van der Waals surface area contributed by atoms with E-state index in [1.165, 1.54) is 0 Å². The summed E-state index contributed by atoms with van der Waals surface area (Å²) in [5, 5.41) is 2.83. The molecule has 0 radical (unpaired) electrons. The molecule has 0 unspecified atom stereocenters. The van der Waals surface area contributed by atoms with E-state index in [2.05, 4.69) is 32.6 Å². The third-order valence-electron chi connectivity index (χ3n) is 3.43. The van der Waals surface area contributed by atoms with Crippen LogP contribution in [0, 0.1) is 10.5 Å². The number of anilines is 2. The number of carbonyl (C=O) groups excluding carboxylic acids is 1. The van der Waals surface area contributed by atoms with Crippen LogP contribution in [-0.2, 0) is 10.0 Å². The van der Waals surface area contributed by atoms with Crippen molar-refractivity contribution in [1.82, 2.24) is 0 Å². The van der Waals surface area contributed by atoms with E-state index in [9.17, 15) is 13.2 Å². The third kappa shape index (κ3) is 4.94. The molecule has 5 nitrogen and oxygen atoms in total. The molecule has 0 aromatic heterocycles. The van der Waals surface area contributed by atoms with Crippen molar-refractivity contribution in [3.05, 3.63) is 57.2 Å². The molecule has 0 fully saturated rings. The van der Waals surface area contributed by atoms with Gasteiger partial charge in [0.25, 0.3) is 5.91 Å². The maximum absolute atomic E-state index is 12.3. The molecule has 2 aromatic rings. The van der Waals surface area contributed by atoms with Crippen LogP contribution >= 0.6 is 22.6 Å². The first kappa shape index (κ1) is 18.7. The van der Waals surface area contributed by atoms with Crippen molar-refractivity contribution in [1.29, 1.82) is 0 Å². The Balaban J connectivity index is 2.21. The number of carbonyl (C=O) groups is 1. The number of sulfonamides is 1. The SMILES string of the molecule is CCCS(=O)(=O)Nc1cccc(NC(=O)c2ccc(I)cc2)c1C. The lowest BCUT2D eigenvalue weighted by Gasteiger charge is -2.14. The summed E-state index contributed by atoms with van der Waals surface area (Å²) in [6.45, 7) is 3.58. The molecule has 0 aliphatic heterocycles. The van der Waals surface area contributed by atoms with Crippen LogP contribution in [0.2, 0.25) is 0 Å². The Morgan fingerprint density at radius 1 is 1.08 bits per heavy atom. The van der Waals surface area contributed by atoms with Gasteiger partial charge < -0.3 is 5.32 Å². The van der Waals surface area contributed by atoms with Gasteiger partial charge in [-0.15, -0.1) is 0 Å². The first-order chi connectivity index (χ1) is 11.3. The van der Waals surface area contributed by atoms with Gasteiger partial charge in [0.2, 0.25) is 10.0 Å². The minimum absolute atomic E-state index is 0.0612. The molecule has 7 heteroatoms. The van der Waals surface area contributed by atoms with Gasteiger partial charge in [0.15, 0.2) is 0 Å². The Morgan fingerprint density at radius 2 is 1.71 bits per heavy atom. The highest BCUT2D eigenvalue weighted by atomic mass is 127. The quantitative estimate of drug-likeness (QED) is 0.643. The highest BCUT2D eigenvalue weighted by molar-refractivity contribution is 14.1. The Labute approximate surface area is 156 Å².